The summed E-state index contributed by atoms with van der Waals surface area (Å²) in [5, 5.41) is 5.08. The Morgan fingerprint density at radius 1 is 1.69 bits per heavy atom. The molecule has 1 aromatic heterocycles. The molecule has 1 N–H and O–H groups in total. The third-order valence-corrected chi connectivity index (χ3v) is 3.22. The average Bonchev–Trinajstić information content (AvgIpc) is 2.51. The SMILES string of the molecule is CN(C(=O)c1cccs1)C1CNC1. The highest BCUT2D eigenvalue weighted by Gasteiger charge is 2.26. The summed E-state index contributed by atoms with van der Waals surface area (Å²) in [7, 11) is 1.87. The third kappa shape index (κ3) is 1.59. The Hall–Kier alpha value is -0.870. The number of likely N-dealkylation sites (N-methyl/N-ethyl adjacent to an activating group) is 1. The fourth-order valence-corrected chi connectivity index (χ4v) is 1.99. The van der Waals surface area contributed by atoms with E-state index in [0.717, 1.165) is 18.0 Å². The van der Waals surface area contributed by atoms with Crippen LogP contribution in [0.2, 0.25) is 0 Å². The van der Waals surface area contributed by atoms with E-state index in [1.807, 2.05) is 29.5 Å². The predicted molar refractivity (Wildman–Crippen MR) is 53.1 cm³/mol. The lowest BCUT2D eigenvalue weighted by Gasteiger charge is -2.35. The zero-order chi connectivity index (χ0) is 9.26. The first-order chi connectivity index (χ1) is 6.29. The van der Waals surface area contributed by atoms with E-state index < -0.39 is 0 Å². The maximum atomic E-state index is 11.7. The van der Waals surface area contributed by atoms with Crippen LogP contribution in [-0.4, -0.2) is 37.0 Å². The number of amides is 1. The fraction of sp³-hybridized carbons (Fsp3) is 0.444. The molecule has 70 valence electrons. The Morgan fingerprint density at radius 3 is 2.92 bits per heavy atom. The molecule has 3 nitrogen and oxygen atoms in total. The number of rotatable bonds is 2. The van der Waals surface area contributed by atoms with Crippen LogP contribution in [0.5, 0.6) is 0 Å². The van der Waals surface area contributed by atoms with Gasteiger partial charge in [-0.05, 0) is 11.4 Å². The van der Waals surface area contributed by atoms with Crippen LogP contribution in [0.4, 0.5) is 0 Å². The Labute approximate surface area is 81.4 Å². The largest absolute Gasteiger partial charge is 0.335 e. The second-order valence-corrected chi connectivity index (χ2v) is 4.15. The third-order valence-electron chi connectivity index (χ3n) is 2.36. The summed E-state index contributed by atoms with van der Waals surface area (Å²) in [5.41, 5.74) is 0. The standard InChI is InChI=1S/C9H12N2OS/c1-11(7-5-10-6-7)9(12)8-3-2-4-13-8/h2-4,7,10H,5-6H2,1H3. The number of hydrogen-bond acceptors (Lipinski definition) is 3. The summed E-state index contributed by atoms with van der Waals surface area (Å²) >= 11 is 1.50. The molecule has 0 aromatic carbocycles. The minimum absolute atomic E-state index is 0.140. The minimum atomic E-state index is 0.140. The van der Waals surface area contributed by atoms with Crippen molar-refractivity contribution in [1.29, 1.82) is 0 Å². The van der Waals surface area contributed by atoms with Crippen LogP contribution in [0.15, 0.2) is 17.5 Å². The van der Waals surface area contributed by atoms with Crippen LogP contribution in [0.1, 0.15) is 9.67 Å². The first kappa shape index (κ1) is 8.72. The summed E-state index contributed by atoms with van der Waals surface area (Å²) in [5.74, 6) is 0.140. The van der Waals surface area contributed by atoms with Gasteiger partial charge in [0.05, 0.1) is 10.9 Å². The zero-order valence-electron chi connectivity index (χ0n) is 7.49. The van der Waals surface area contributed by atoms with Crippen LogP contribution in [0.3, 0.4) is 0 Å². The van der Waals surface area contributed by atoms with Gasteiger partial charge in [0, 0.05) is 20.1 Å². The molecule has 0 saturated carbocycles. The Balaban J connectivity index is 2.04. The number of carbonyl (C=O) groups is 1. The van der Waals surface area contributed by atoms with Crippen LogP contribution >= 0.6 is 11.3 Å². The maximum absolute atomic E-state index is 11.7. The van der Waals surface area contributed by atoms with E-state index in [1.165, 1.54) is 11.3 Å². The van der Waals surface area contributed by atoms with Gasteiger partial charge in [-0.2, -0.15) is 0 Å². The van der Waals surface area contributed by atoms with Crippen molar-refractivity contribution in [3.8, 4) is 0 Å². The normalized spacial score (nSPS) is 16.7. The molecule has 0 unspecified atom stereocenters. The second kappa shape index (κ2) is 3.47. The lowest BCUT2D eigenvalue weighted by molar-refractivity contribution is 0.0686. The van der Waals surface area contributed by atoms with Crippen LogP contribution in [-0.2, 0) is 0 Å². The van der Waals surface area contributed by atoms with E-state index in [0.29, 0.717) is 6.04 Å². The predicted octanol–water partition coefficient (Wildman–Crippen LogP) is 0.792. The van der Waals surface area contributed by atoms with Crippen LogP contribution in [0.25, 0.3) is 0 Å². The maximum Gasteiger partial charge on any atom is 0.263 e. The van der Waals surface area contributed by atoms with E-state index >= 15 is 0 Å². The molecule has 0 radical (unpaired) electrons. The fourth-order valence-electron chi connectivity index (χ4n) is 1.29. The Morgan fingerprint density at radius 2 is 2.46 bits per heavy atom. The monoisotopic (exact) mass is 196 g/mol. The van der Waals surface area contributed by atoms with E-state index in [4.69, 9.17) is 0 Å². The van der Waals surface area contributed by atoms with E-state index in [2.05, 4.69) is 5.32 Å². The highest BCUT2D eigenvalue weighted by molar-refractivity contribution is 7.12. The van der Waals surface area contributed by atoms with Gasteiger partial charge in [-0.25, -0.2) is 0 Å². The summed E-state index contributed by atoms with van der Waals surface area (Å²) in [6.07, 6.45) is 0. The van der Waals surface area contributed by atoms with Crippen LogP contribution < -0.4 is 5.32 Å². The quantitative estimate of drug-likeness (QED) is 0.758. The molecule has 1 aliphatic rings. The molecule has 2 rings (SSSR count). The van der Waals surface area contributed by atoms with Gasteiger partial charge in [-0.1, -0.05) is 6.07 Å². The molecule has 1 amide bonds. The molecule has 4 heteroatoms. The summed E-state index contributed by atoms with van der Waals surface area (Å²) in [6.45, 7) is 1.85. The second-order valence-electron chi connectivity index (χ2n) is 3.21. The van der Waals surface area contributed by atoms with Gasteiger partial charge in [0.1, 0.15) is 0 Å². The van der Waals surface area contributed by atoms with E-state index in [9.17, 15) is 4.79 Å². The van der Waals surface area contributed by atoms with Crippen LogP contribution in [0, 0.1) is 0 Å². The molecule has 1 fully saturated rings. The van der Waals surface area contributed by atoms with Crippen molar-refractivity contribution in [2.24, 2.45) is 0 Å². The Bertz CT molecular complexity index is 293. The molecule has 0 bridgehead atoms. The summed E-state index contributed by atoms with van der Waals surface area (Å²) < 4.78 is 0. The van der Waals surface area contributed by atoms with Crippen molar-refractivity contribution in [2.45, 2.75) is 6.04 Å². The molecule has 2 heterocycles. The molecule has 1 aliphatic heterocycles. The van der Waals surface area contributed by atoms with Gasteiger partial charge in [-0.15, -0.1) is 11.3 Å². The molecule has 0 aliphatic carbocycles. The van der Waals surface area contributed by atoms with Crippen molar-refractivity contribution in [1.82, 2.24) is 10.2 Å². The molecule has 1 saturated heterocycles. The summed E-state index contributed by atoms with van der Waals surface area (Å²) in [4.78, 5) is 14.4. The van der Waals surface area contributed by atoms with Gasteiger partial charge in [0.25, 0.3) is 5.91 Å². The zero-order valence-corrected chi connectivity index (χ0v) is 8.30. The number of carbonyl (C=O) groups excluding carboxylic acids is 1. The average molecular weight is 196 g/mol. The van der Waals surface area contributed by atoms with Crippen molar-refractivity contribution in [3.05, 3.63) is 22.4 Å². The van der Waals surface area contributed by atoms with Gasteiger partial charge in [0.2, 0.25) is 0 Å². The molecule has 0 spiro atoms. The minimum Gasteiger partial charge on any atom is -0.335 e. The van der Waals surface area contributed by atoms with Crippen molar-refractivity contribution >= 4 is 17.2 Å². The number of thiophene rings is 1. The topological polar surface area (TPSA) is 32.3 Å². The highest BCUT2D eigenvalue weighted by Crippen LogP contribution is 2.13. The highest BCUT2D eigenvalue weighted by atomic mass is 32.1. The van der Waals surface area contributed by atoms with Crippen molar-refractivity contribution in [3.63, 3.8) is 0 Å². The van der Waals surface area contributed by atoms with Gasteiger partial charge < -0.3 is 10.2 Å². The smallest absolute Gasteiger partial charge is 0.263 e. The number of nitrogens with one attached hydrogen (secondary N) is 1. The number of nitrogens with zero attached hydrogens (tertiary/aromatic N) is 1. The first-order valence-corrected chi connectivity index (χ1v) is 5.18. The van der Waals surface area contributed by atoms with Gasteiger partial charge >= 0.3 is 0 Å². The molecule has 13 heavy (non-hydrogen) atoms. The van der Waals surface area contributed by atoms with E-state index in [-0.39, 0.29) is 5.91 Å². The number of hydrogen-bond donors (Lipinski definition) is 1. The summed E-state index contributed by atoms with van der Waals surface area (Å²) in [6, 6.07) is 4.16. The lowest BCUT2D eigenvalue weighted by Crippen LogP contribution is -2.57. The van der Waals surface area contributed by atoms with Gasteiger partial charge in [0.15, 0.2) is 0 Å². The van der Waals surface area contributed by atoms with Gasteiger partial charge in [-0.3, -0.25) is 4.79 Å². The first-order valence-electron chi connectivity index (χ1n) is 4.30. The lowest BCUT2D eigenvalue weighted by atomic mass is 10.1. The molecule has 1 aromatic rings. The van der Waals surface area contributed by atoms with Crippen molar-refractivity contribution < 1.29 is 4.79 Å². The van der Waals surface area contributed by atoms with E-state index in [1.54, 1.807) is 0 Å². The molecule has 0 atom stereocenters. The molecular formula is C9H12N2OS. The Kier molecular flexibility index (Phi) is 2.33. The van der Waals surface area contributed by atoms with Crippen molar-refractivity contribution in [2.75, 3.05) is 20.1 Å². The molecular weight excluding hydrogens is 184 g/mol.